The Hall–Kier alpha value is -6.42. The summed E-state index contributed by atoms with van der Waals surface area (Å²) in [7, 11) is 0. The molecule has 5 aromatic carbocycles. The summed E-state index contributed by atoms with van der Waals surface area (Å²) in [5.41, 5.74) is 10.3. The van der Waals surface area contributed by atoms with Crippen LogP contribution in [0.5, 0.6) is 17.2 Å². The van der Waals surface area contributed by atoms with Gasteiger partial charge >= 0.3 is 0 Å². The summed E-state index contributed by atoms with van der Waals surface area (Å²) < 4.78 is 12.2. The van der Waals surface area contributed by atoms with Crippen LogP contribution in [0.2, 0.25) is 0 Å². The van der Waals surface area contributed by atoms with E-state index in [-0.39, 0.29) is 29.8 Å². The van der Waals surface area contributed by atoms with E-state index < -0.39 is 23.8 Å². The molecule has 0 spiro atoms. The predicted octanol–water partition coefficient (Wildman–Crippen LogP) is 6.63. The molecule has 1 fully saturated rings. The van der Waals surface area contributed by atoms with Crippen LogP contribution in [0, 0.1) is 11.3 Å². The number of amides is 2. The molecule has 0 saturated carbocycles. The third-order valence-electron chi connectivity index (χ3n) is 8.33. The average molecular weight is 668 g/mol. The number of rotatable bonds is 12. The Kier molecular flexibility index (Phi) is 10.2. The number of nitrogens with one attached hydrogen (secondary N) is 3. The lowest BCUT2D eigenvalue weighted by molar-refractivity contribution is -0.115. The molecule has 1 saturated heterocycles. The van der Waals surface area contributed by atoms with E-state index in [1.165, 1.54) is 12.1 Å². The van der Waals surface area contributed by atoms with Gasteiger partial charge in [0.15, 0.2) is 0 Å². The molecule has 5 aromatic rings. The summed E-state index contributed by atoms with van der Waals surface area (Å²) in [6.07, 6.45) is -0.231. The summed E-state index contributed by atoms with van der Waals surface area (Å²) in [5, 5.41) is 24.8. The lowest BCUT2D eigenvalue weighted by Crippen LogP contribution is -2.28. The van der Waals surface area contributed by atoms with Crippen LogP contribution in [0.15, 0.2) is 132 Å². The van der Waals surface area contributed by atoms with Crippen molar-refractivity contribution in [2.24, 2.45) is 10.9 Å². The maximum atomic E-state index is 13.5. The molecule has 252 valence electrons. The number of carbonyl (C=O) groups is 2. The summed E-state index contributed by atoms with van der Waals surface area (Å²) in [5.74, 6) is -0.548. The van der Waals surface area contributed by atoms with E-state index in [1.54, 1.807) is 24.3 Å². The Bertz CT molecular complexity index is 2010. The van der Waals surface area contributed by atoms with Crippen molar-refractivity contribution in [2.75, 3.05) is 17.6 Å². The molecule has 3 atom stereocenters. The highest BCUT2D eigenvalue weighted by molar-refractivity contribution is 6.46. The molecule has 3 unspecified atom stereocenters. The molecule has 0 radical (unpaired) electrons. The molecule has 6 rings (SSSR count). The molecular weight excluding hydrogens is 630 g/mol. The molecule has 1 aliphatic rings. The first-order valence-electron chi connectivity index (χ1n) is 16.2. The lowest BCUT2D eigenvalue weighted by atomic mass is 9.85. The van der Waals surface area contributed by atoms with E-state index >= 15 is 0 Å². The number of hydrogen-bond donors (Lipinski definition) is 5. The second-order valence-corrected chi connectivity index (χ2v) is 11.9. The number of anilines is 2. The molecule has 6 N–H and O–H groups in total. The van der Waals surface area contributed by atoms with Gasteiger partial charge < -0.3 is 36.4 Å². The number of aromatic hydroxyl groups is 1. The lowest BCUT2D eigenvalue weighted by Gasteiger charge is -2.22. The Morgan fingerprint density at radius 3 is 2.40 bits per heavy atom. The molecule has 0 aromatic heterocycles. The third-order valence-corrected chi connectivity index (χ3v) is 8.33. The highest BCUT2D eigenvalue weighted by atomic mass is 16.5. The number of carbonyl (C=O) groups excluding carboxylic acids is 2. The van der Waals surface area contributed by atoms with Crippen LogP contribution in [0.1, 0.15) is 41.3 Å². The fourth-order valence-electron chi connectivity index (χ4n) is 5.75. The largest absolute Gasteiger partial charge is 0.508 e. The molecule has 1 aliphatic heterocycles. The average Bonchev–Trinajstić information content (AvgIpc) is 3.46. The van der Waals surface area contributed by atoms with Gasteiger partial charge in [0.2, 0.25) is 5.91 Å². The van der Waals surface area contributed by atoms with E-state index in [2.05, 4.69) is 15.6 Å². The summed E-state index contributed by atoms with van der Waals surface area (Å²) in [6.45, 7) is 1.96. The predicted molar refractivity (Wildman–Crippen MR) is 194 cm³/mol. The first kappa shape index (κ1) is 33.5. The standard InChI is InChI=1S/C40H37N5O5/c1-25(27-7-3-2-4-8-27)50-34-12-5-9-29(21-34)37(42)36-38(28-15-19-33(20-16-28)49-24-26-13-17-30(41)18-14-26)45-40(48)39(36)43-23-35(47)44-31-10-6-11-32(46)22-31/h2-22,25,36,38,42,46H,23-24,41H2,1H3,(H,44,47)(H,45,48). The van der Waals surface area contributed by atoms with Crippen LogP contribution >= 0.6 is 0 Å². The topological polar surface area (TPSA) is 159 Å². The molecular formula is C40H37N5O5. The van der Waals surface area contributed by atoms with Crippen molar-refractivity contribution in [3.63, 3.8) is 0 Å². The third kappa shape index (κ3) is 8.16. The van der Waals surface area contributed by atoms with Gasteiger partial charge in [-0.25, -0.2) is 0 Å². The Morgan fingerprint density at radius 1 is 0.920 bits per heavy atom. The van der Waals surface area contributed by atoms with Gasteiger partial charge in [-0.05, 0) is 77.7 Å². The molecule has 1 heterocycles. The summed E-state index contributed by atoms with van der Waals surface area (Å²) >= 11 is 0. The van der Waals surface area contributed by atoms with Gasteiger partial charge in [-0.3, -0.25) is 14.6 Å². The van der Waals surface area contributed by atoms with Crippen LogP contribution < -0.4 is 25.8 Å². The van der Waals surface area contributed by atoms with Gasteiger partial charge in [0.05, 0.1) is 17.7 Å². The van der Waals surface area contributed by atoms with E-state index in [0.717, 1.165) is 16.7 Å². The van der Waals surface area contributed by atoms with Crippen molar-refractivity contribution in [1.82, 2.24) is 5.32 Å². The zero-order valence-electron chi connectivity index (χ0n) is 27.4. The van der Waals surface area contributed by atoms with E-state index in [1.807, 2.05) is 97.9 Å². The fraction of sp³-hybridized carbons (Fsp3) is 0.150. The fourth-order valence-corrected chi connectivity index (χ4v) is 5.75. The van der Waals surface area contributed by atoms with Crippen LogP contribution in [0.4, 0.5) is 11.4 Å². The maximum absolute atomic E-state index is 13.5. The van der Waals surface area contributed by atoms with Crippen LogP contribution in [-0.2, 0) is 16.2 Å². The normalized spacial score (nSPS) is 16.7. The molecule has 10 nitrogen and oxygen atoms in total. The Labute approximate surface area is 290 Å². The van der Waals surface area contributed by atoms with Gasteiger partial charge in [-0.15, -0.1) is 0 Å². The van der Waals surface area contributed by atoms with Gasteiger partial charge in [0.1, 0.15) is 42.2 Å². The number of nitrogens with two attached hydrogens (primary N) is 1. The highest BCUT2D eigenvalue weighted by Gasteiger charge is 2.43. The van der Waals surface area contributed by atoms with Gasteiger partial charge in [-0.2, -0.15) is 0 Å². The minimum absolute atomic E-state index is 0.00619. The first-order chi connectivity index (χ1) is 24.2. The van der Waals surface area contributed by atoms with Crippen LogP contribution in [-0.4, -0.2) is 34.9 Å². The van der Waals surface area contributed by atoms with Crippen molar-refractivity contribution in [2.45, 2.75) is 25.7 Å². The first-order valence-corrected chi connectivity index (χ1v) is 16.2. The number of phenolic OH excluding ortho intramolecular Hbond substituents is 1. The number of benzene rings is 5. The second-order valence-electron chi connectivity index (χ2n) is 11.9. The molecule has 50 heavy (non-hydrogen) atoms. The SMILES string of the molecule is CC(Oc1cccc(C(=N)C2C(=NCC(=O)Nc3cccc(O)c3)C(=O)NC2c2ccc(OCc3ccc(N)cc3)cc2)c1)c1ccccc1. The summed E-state index contributed by atoms with van der Waals surface area (Å²) in [4.78, 5) is 30.8. The zero-order valence-corrected chi connectivity index (χ0v) is 27.4. The number of ether oxygens (including phenoxy) is 2. The quantitative estimate of drug-likeness (QED) is 0.0742. The van der Waals surface area contributed by atoms with Crippen molar-refractivity contribution in [1.29, 1.82) is 5.41 Å². The second kappa shape index (κ2) is 15.2. The summed E-state index contributed by atoms with van der Waals surface area (Å²) in [6, 6.07) is 37.3. The molecule has 10 heteroatoms. The minimum Gasteiger partial charge on any atom is -0.508 e. The van der Waals surface area contributed by atoms with Crippen molar-refractivity contribution < 1.29 is 24.2 Å². The van der Waals surface area contributed by atoms with Crippen molar-refractivity contribution >= 4 is 34.6 Å². The zero-order chi connectivity index (χ0) is 35.0. The Morgan fingerprint density at radius 2 is 1.66 bits per heavy atom. The van der Waals surface area contributed by atoms with E-state index in [4.69, 9.17) is 15.2 Å². The van der Waals surface area contributed by atoms with Crippen molar-refractivity contribution in [3.05, 3.63) is 150 Å². The van der Waals surface area contributed by atoms with E-state index in [0.29, 0.717) is 35.0 Å². The minimum atomic E-state index is -0.820. The molecule has 0 bridgehead atoms. The number of nitrogens with zero attached hydrogens (tertiary/aromatic N) is 1. The van der Waals surface area contributed by atoms with Crippen LogP contribution in [0.25, 0.3) is 0 Å². The molecule has 0 aliphatic carbocycles. The van der Waals surface area contributed by atoms with Crippen LogP contribution in [0.3, 0.4) is 0 Å². The van der Waals surface area contributed by atoms with Crippen molar-refractivity contribution in [3.8, 4) is 17.2 Å². The number of aliphatic imine (C=N–C) groups is 1. The highest BCUT2D eigenvalue weighted by Crippen LogP contribution is 2.34. The number of nitrogen functional groups attached to an aromatic ring is 1. The maximum Gasteiger partial charge on any atom is 0.266 e. The van der Waals surface area contributed by atoms with Gasteiger partial charge in [-0.1, -0.05) is 72.8 Å². The van der Waals surface area contributed by atoms with Gasteiger partial charge in [0, 0.05) is 17.4 Å². The van der Waals surface area contributed by atoms with E-state index in [9.17, 15) is 20.1 Å². The smallest absolute Gasteiger partial charge is 0.266 e. The van der Waals surface area contributed by atoms with Gasteiger partial charge in [0.25, 0.3) is 5.91 Å². The monoisotopic (exact) mass is 667 g/mol. The molecule has 2 amide bonds. The number of hydrogen-bond acceptors (Lipinski definition) is 8. The number of phenols is 1. The Balaban J connectivity index is 1.25.